The molecule has 1 rings (SSSR count). The largest absolute Gasteiger partial charge is 0.487 e. The van der Waals surface area contributed by atoms with E-state index in [-0.39, 0.29) is 17.2 Å². The molecule has 0 aliphatic carbocycles. The van der Waals surface area contributed by atoms with Gasteiger partial charge in [-0.3, -0.25) is 14.9 Å². The van der Waals surface area contributed by atoms with Gasteiger partial charge < -0.3 is 4.74 Å². The van der Waals surface area contributed by atoms with E-state index >= 15 is 0 Å². The molecule has 0 atom stereocenters. The van der Waals surface area contributed by atoms with Gasteiger partial charge in [0, 0.05) is 23.4 Å². The maximum absolute atomic E-state index is 11.1. The van der Waals surface area contributed by atoms with Crippen LogP contribution in [0, 0.1) is 10.1 Å². The van der Waals surface area contributed by atoms with Crippen LogP contribution in [0.5, 0.6) is 5.75 Å². The number of carbonyl (C=O) groups excluding carboxylic acids is 1. The molecule has 0 saturated heterocycles. The molecule has 0 aliphatic rings. The molecule has 0 spiro atoms. The van der Waals surface area contributed by atoms with Crippen molar-refractivity contribution in [2.45, 2.75) is 26.2 Å². The normalized spacial score (nSPS) is 10.1. The highest BCUT2D eigenvalue weighted by Crippen LogP contribution is 2.30. The monoisotopic (exact) mass is 315 g/mol. The Morgan fingerprint density at radius 2 is 2.22 bits per heavy atom. The smallest absolute Gasteiger partial charge is 0.312 e. The lowest BCUT2D eigenvalue weighted by atomic mass is 10.2. The minimum Gasteiger partial charge on any atom is -0.487 e. The predicted molar refractivity (Wildman–Crippen MR) is 70.8 cm³/mol. The molecular formula is C12H14BrNO4. The van der Waals surface area contributed by atoms with Gasteiger partial charge in [-0.05, 0) is 18.6 Å². The highest BCUT2D eigenvalue weighted by molar-refractivity contribution is 9.10. The standard InChI is InChI=1S/C12H14BrNO4/c1-2-10(15)4-3-7-18-12-6-5-9(13)8-11(12)14(16)17/h5-6,8H,2-4,7H2,1H3. The van der Waals surface area contributed by atoms with E-state index in [1.807, 2.05) is 6.92 Å². The highest BCUT2D eigenvalue weighted by Gasteiger charge is 2.15. The highest BCUT2D eigenvalue weighted by atomic mass is 79.9. The Morgan fingerprint density at radius 1 is 1.50 bits per heavy atom. The Balaban J connectivity index is 2.56. The fourth-order valence-electron chi connectivity index (χ4n) is 1.38. The summed E-state index contributed by atoms with van der Waals surface area (Å²) in [6.45, 7) is 2.11. The van der Waals surface area contributed by atoms with Crippen LogP contribution in [-0.4, -0.2) is 17.3 Å². The second-order valence-electron chi connectivity index (χ2n) is 3.71. The van der Waals surface area contributed by atoms with Gasteiger partial charge in [0.15, 0.2) is 5.75 Å². The Labute approximate surface area is 113 Å². The lowest BCUT2D eigenvalue weighted by molar-refractivity contribution is -0.385. The van der Waals surface area contributed by atoms with Crippen LogP contribution in [0.1, 0.15) is 26.2 Å². The fourth-order valence-corrected chi connectivity index (χ4v) is 1.73. The van der Waals surface area contributed by atoms with Crippen molar-refractivity contribution < 1.29 is 14.5 Å². The van der Waals surface area contributed by atoms with Crippen LogP contribution in [0.3, 0.4) is 0 Å². The summed E-state index contributed by atoms with van der Waals surface area (Å²) in [5.41, 5.74) is -0.0776. The number of Topliss-reactive ketones (excluding diaryl/α,β-unsaturated/α-hetero) is 1. The van der Waals surface area contributed by atoms with Crippen molar-refractivity contribution in [1.82, 2.24) is 0 Å². The second-order valence-corrected chi connectivity index (χ2v) is 4.63. The summed E-state index contributed by atoms with van der Waals surface area (Å²) in [7, 11) is 0. The van der Waals surface area contributed by atoms with E-state index in [1.165, 1.54) is 6.07 Å². The molecule has 0 unspecified atom stereocenters. The van der Waals surface area contributed by atoms with Crippen molar-refractivity contribution >= 4 is 27.4 Å². The third-order valence-corrected chi connectivity index (χ3v) is 2.86. The number of carbonyl (C=O) groups is 1. The van der Waals surface area contributed by atoms with E-state index in [1.54, 1.807) is 12.1 Å². The van der Waals surface area contributed by atoms with E-state index in [0.717, 1.165) is 0 Å². The zero-order valence-corrected chi connectivity index (χ0v) is 11.6. The SMILES string of the molecule is CCC(=O)CCCOc1ccc(Br)cc1[N+](=O)[O-]. The maximum atomic E-state index is 11.1. The summed E-state index contributed by atoms with van der Waals surface area (Å²) >= 11 is 3.17. The molecule has 0 aromatic heterocycles. The second kappa shape index (κ2) is 7.10. The molecule has 98 valence electrons. The topological polar surface area (TPSA) is 69.4 Å². The lowest BCUT2D eigenvalue weighted by Gasteiger charge is -2.06. The molecule has 6 heteroatoms. The minimum atomic E-state index is -0.489. The van der Waals surface area contributed by atoms with Gasteiger partial charge in [0.2, 0.25) is 0 Å². The average Bonchev–Trinajstić information content (AvgIpc) is 2.35. The molecule has 0 N–H and O–H groups in total. The number of nitro groups is 1. The number of nitrogens with zero attached hydrogens (tertiary/aromatic N) is 1. The number of benzene rings is 1. The number of nitro benzene ring substituents is 1. The third-order valence-electron chi connectivity index (χ3n) is 2.37. The molecule has 18 heavy (non-hydrogen) atoms. The van der Waals surface area contributed by atoms with Crippen molar-refractivity contribution in [2.75, 3.05) is 6.61 Å². The van der Waals surface area contributed by atoms with Gasteiger partial charge >= 0.3 is 5.69 Å². The van der Waals surface area contributed by atoms with Gasteiger partial charge in [0.1, 0.15) is 5.78 Å². The summed E-state index contributed by atoms with van der Waals surface area (Å²) in [5, 5.41) is 10.8. The summed E-state index contributed by atoms with van der Waals surface area (Å²) in [6.07, 6.45) is 1.53. The van der Waals surface area contributed by atoms with E-state index in [2.05, 4.69) is 15.9 Å². The molecule has 0 radical (unpaired) electrons. The van der Waals surface area contributed by atoms with Gasteiger partial charge in [-0.15, -0.1) is 0 Å². The Morgan fingerprint density at radius 3 is 2.83 bits per heavy atom. The molecule has 0 amide bonds. The summed E-state index contributed by atoms with van der Waals surface area (Å²) in [5.74, 6) is 0.399. The van der Waals surface area contributed by atoms with Gasteiger partial charge in [0.05, 0.1) is 11.5 Å². The summed E-state index contributed by atoms with van der Waals surface area (Å²) in [4.78, 5) is 21.4. The van der Waals surface area contributed by atoms with Gasteiger partial charge in [0.25, 0.3) is 0 Å². The fraction of sp³-hybridized carbons (Fsp3) is 0.417. The van der Waals surface area contributed by atoms with Crippen molar-refractivity contribution in [1.29, 1.82) is 0 Å². The summed E-state index contributed by atoms with van der Waals surface area (Å²) in [6, 6.07) is 4.62. The van der Waals surface area contributed by atoms with Crippen molar-refractivity contribution in [2.24, 2.45) is 0 Å². The number of hydrogen-bond acceptors (Lipinski definition) is 4. The van der Waals surface area contributed by atoms with Crippen LogP contribution in [0.4, 0.5) is 5.69 Å². The number of ketones is 1. The molecule has 1 aromatic rings. The van der Waals surface area contributed by atoms with Crippen LogP contribution >= 0.6 is 15.9 Å². The lowest BCUT2D eigenvalue weighted by Crippen LogP contribution is -2.03. The van der Waals surface area contributed by atoms with E-state index < -0.39 is 4.92 Å². The van der Waals surface area contributed by atoms with Gasteiger partial charge in [-0.1, -0.05) is 22.9 Å². The molecule has 0 saturated carbocycles. The van der Waals surface area contributed by atoms with Crippen molar-refractivity contribution in [3.8, 4) is 5.75 Å². The molecule has 0 aliphatic heterocycles. The van der Waals surface area contributed by atoms with Gasteiger partial charge in [-0.25, -0.2) is 0 Å². The number of ether oxygens (including phenoxy) is 1. The van der Waals surface area contributed by atoms with E-state index in [0.29, 0.717) is 30.3 Å². The first kappa shape index (κ1) is 14.6. The van der Waals surface area contributed by atoms with Crippen LogP contribution in [-0.2, 0) is 4.79 Å². The van der Waals surface area contributed by atoms with E-state index in [9.17, 15) is 14.9 Å². The molecule has 0 bridgehead atoms. The van der Waals surface area contributed by atoms with Crippen molar-refractivity contribution in [3.63, 3.8) is 0 Å². The first-order valence-electron chi connectivity index (χ1n) is 5.63. The predicted octanol–water partition coefficient (Wildman–Crippen LogP) is 3.50. The van der Waals surface area contributed by atoms with Crippen molar-refractivity contribution in [3.05, 3.63) is 32.8 Å². The molecule has 5 nitrogen and oxygen atoms in total. The maximum Gasteiger partial charge on any atom is 0.312 e. The van der Waals surface area contributed by atoms with Crippen LogP contribution in [0.25, 0.3) is 0 Å². The number of halogens is 1. The quantitative estimate of drug-likeness (QED) is 0.438. The average molecular weight is 316 g/mol. The van der Waals surface area contributed by atoms with Crippen LogP contribution < -0.4 is 4.74 Å². The minimum absolute atomic E-state index is 0.0776. The Hall–Kier alpha value is -1.43. The van der Waals surface area contributed by atoms with E-state index in [4.69, 9.17) is 4.74 Å². The van der Waals surface area contributed by atoms with Gasteiger partial charge in [-0.2, -0.15) is 0 Å². The Bertz CT molecular complexity index is 448. The molecule has 0 heterocycles. The van der Waals surface area contributed by atoms with Crippen LogP contribution in [0.15, 0.2) is 22.7 Å². The third kappa shape index (κ3) is 4.44. The Kier molecular flexibility index (Phi) is 5.77. The first-order chi connectivity index (χ1) is 8.54. The molecular weight excluding hydrogens is 302 g/mol. The first-order valence-corrected chi connectivity index (χ1v) is 6.42. The zero-order valence-electron chi connectivity index (χ0n) is 10.0. The molecule has 1 aromatic carbocycles. The summed E-state index contributed by atoms with van der Waals surface area (Å²) < 4.78 is 5.96. The number of rotatable bonds is 7. The zero-order chi connectivity index (χ0) is 13.5. The van der Waals surface area contributed by atoms with Crippen LogP contribution in [0.2, 0.25) is 0 Å². The number of hydrogen-bond donors (Lipinski definition) is 0. The molecule has 0 fully saturated rings.